The lowest BCUT2D eigenvalue weighted by atomic mass is 9.96. The Balaban J connectivity index is 2.24. The van der Waals surface area contributed by atoms with E-state index >= 15 is 0 Å². The molecule has 0 aliphatic carbocycles. The van der Waals surface area contributed by atoms with Crippen LogP contribution in [0.4, 0.5) is 0 Å². The molecule has 0 aromatic carbocycles. The Bertz CT molecular complexity index is 193. The Morgan fingerprint density at radius 1 is 1.55 bits per heavy atom. The number of piperazine rings is 1. The Morgan fingerprint density at radius 2 is 2.36 bits per heavy atom. The number of nitrogens with zero attached hydrogens (tertiary/aromatic N) is 1. The molecule has 2 aliphatic rings. The lowest BCUT2D eigenvalue weighted by Gasteiger charge is -2.38. The molecule has 0 bridgehead atoms. The van der Waals surface area contributed by atoms with Gasteiger partial charge in [0.05, 0.1) is 5.54 Å². The van der Waals surface area contributed by atoms with E-state index in [1.165, 1.54) is 6.42 Å². The minimum atomic E-state index is -0.168. The van der Waals surface area contributed by atoms with Gasteiger partial charge in [0.25, 0.3) is 0 Å². The molecule has 1 atom stereocenters. The van der Waals surface area contributed by atoms with Crippen LogP contribution >= 0.6 is 0 Å². The molecule has 2 rings (SSSR count). The molecule has 3 nitrogen and oxygen atoms in total. The summed E-state index contributed by atoms with van der Waals surface area (Å²) in [6, 6.07) is 0. The highest BCUT2D eigenvalue weighted by molar-refractivity contribution is 5.86. The monoisotopic (exact) mass is 154 g/mol. The molecule has 0 saturated carbocycles. The molecule has 2 saturated heterocycles. The van der Waals surface area contributed by atoms with Gasteiger partial charge in [-0.1, -0.05) is 0 Å². The van der Waals surface area contributed by atoms with Crippen LogP contribution in [0.1, 0.15) is 19.8 Å². The first-order valence-electron chi connectivity index (χ1n) is 4.27. The number of fused-ring (bicyclic) bond motifs is 1. The van der Waals surface area contributed by atoms with Crippen LogP contribution in [0, 0.1) is 0 Å². The lowest BCUT2D eigenvalue weighted by molar-refractivity contribution is -0.133. The van der Waals surface area contributed by atoms with Gasteiger partial charge in [0.15, 0.2) is 0 Å². The summed E-state index contributed by atoms with van der Waals surface area (Å²) in [6.45, 7) is 5.01. The van der Waals surface area contributed by atoms with Crippen molar-refractivity contribution in [2.75, 3.05) is 19.6 Å². The molecule has 1 amide bonds. The summed E-state index contributed by atoms with van der Waals surface area (Å²) in [5.41, 5.74) is -0.168. The first-order chi connectivity index (χ1) is 5.23. The summed E-state index contributed by atoms with van der Waals surface area (Å²) >= 11 is 0. The highest BCUT2D eigenvalue weighted by Gasteiger charge is 2.44. The second kappa shape index (κ2) is 2.21. The molecule has 2 heterocycles. The normalized spacial score (nSPS) is 38.5. The highest BCUT2D eigenvalue weighted by atomic mass is 16.2. The fourth-order valence-corrected chi connectivity index (χ4v) is 2.13. The smallest absolute Gasteiger partial charge is 0.240 e. The fourth-order valence-electron chi connectivity index (χ4n) is 2.13. The second-order valence-electron chi connectivity index (χ2n) is 3.62. The summed E-state index contributed by atoms with van der Waals surface area (Å²) in [4.78, 5) is 13.7. The van der Waals surface area contributed by atoms with Crippen LogP contribution in [0.5, 0.6) is 0 Å². The van der Waals surface area contributed by atoms with Crippen LogP contribution in [-0.2, 0) is 4.79 Å². The minimum absolute atomic E-state index is 0.168. The topological polar surface area (TPSA) is 32.3 Å². The van der Waals surface area contributed by atoms with Crippen molar-refractivity contribution in [2.45, 2.75) is 25.3 Å². The van der Waals surface area contributed by atoms with Crippen molar-refractivity contribution in [3.05, 3.63) is 0 Å². The molecule has 0 aromatic rings. The zero-order valence-electron chi connectivity index (χ0n) is 6.89. The molecule has 1 N–H and O–H groups in total. The van der Waals surface area contributed by atoms with E-state index in [2.05, 4.69) is 17.1 Å². The summed E-state index contributed by atoms with van der Waals surface area (Å²) in [5.74, 6) is 0.223. The Labute approximate surface area is 66.8 Å². The molecule has 2 aliphatic heterocycles. The van der Waals surface area contributed by atoms with Crippen LogP contribution in [0.15, 0.2) is 0 Å². The van der Waals surface area contributed by atoms with Crippen molar-refractivity contribution in [3.63, 3.8) is 0 Å². The number of hydrogen-bond acceptors (Lipinski definition) is 2. The molecule has 2 fully saturated rings. The van der Waals surface area contributed by atoms with Gasteiger partial charge in [-0.2, -0.15) is 0 Å². The van der Waals surface area contributed by atoms with E-state index in [1.54, 1.807) is 0 Å². The largest absolute Gasteiger partial charge is 0.353 e. The van der Waals surface area contributed by atoms with Gasteiger partial charge in [-0.3, -0.25) is 9.69 Å². The van der Waals surface area contributed by atoms with E-state index < -0.39 is 0 Å². The molecule has 62 valence electrons. The van der Waals surface area contributed by atoms with Gasteiger partial charge in [-0.25, -0.2) is 0 Å². The molecule has 0 unspecified atom stereocenters. The second-order valence-corrected chi connectivity index (χ2v) is 3.62. The molecule has 0 aromatic heterocycles. The maximum atomic E-state index is 11.4. The molecular formula is C8H14N2O. The van der Waals surface area contributed by atoms with Crippen LogP contribution in [-0.4, -0.2) is 36.0 Å². The predicted molar refractivity (Wildman–Crippen MR) is 42.2 cm³/mol. The van der Waals surface area contributed by atoms with E-state index in [-0.39, 0.29) is 11.4 Å². The molecule has 3 heteroatoms. The van der Waals surface area contributed by atoms with Crippen molar-refractivity contribution in [2.24, 2.45) is 0 Å². The van der Waals surface area contributed by atoms with Crippen molar-refractivity contribution < 1.29 is 4.79 Å². The molecule has 0 radical (unpaired) electrons. The number of nitrogens with one attached hydrogen (secondary N) is 1. The van der Waals surface area contributed by atoms with Gasteiger partial charge < -0.3 is 5.32 Å². The zero-order valence-corrected chi connectivity index (χ0v) is 6.89. The van der Waals surface area contributed by atoms with Gasteiger partial charge >= 0.3 is 0 Å². The molecule has 11 heavy (non-hydrogen) atoms. The summed E-state index contributed by atoms with van der Waals surface area (Å²) in [7, 11) is 0. The van der Waals surface area contributed by atoms with Crippen LogP contribution in [0.25, 0.3) is 0 Å². The number of hydrogen-bond donors (Lipinski definition) is 1. The summed E-state index contributed by atoms with van der Waals surface area (Å²) < 4.78 is 0. The van der Waals surface area contributed by atoms with E-state index in [1.807, 2.05) is 0 Å². The Morgan fingerprint density at radius 3 is 3.09 bits per heavy atom. The van der Waals surface area contributed by atoms with Gasteiger partial charge in [0, 0.05) is 13.1 Å². The summed E-state index contributed by atoms with van der Waals surface area (Å²) in [6.07, 6.45) is 2.20. The number of carbonyl (C=O) groups is 1. The maximum absolute atomic E-state index is 11.4. The third-order valence-electron chi connectivity index (χ3n) is 2.95. The average molecular weight is 154 g/mol. The minimum Gasteiger partial charge on any atom is -0.353 e. The number of amides is 1. The van der Waals surface area contributed by atoms with Crippen molar-refractivity contribution in [3.8, 4) is 0 Å². The summed E-state index contributed by atoms with van der Waals surface area (Å²) in [5, 5.41) is 2.91. The Kier molecular flexibility index (Phi) is 1.42. The van der Waals surface area contributed by atoms with Crippen LogP contribution < -0.4 is 5.32 Å². The van der Waals surface area contributed by atoms with Crippen LogP contribution in [0.3, 0.4) is 0 Å². The maximum Gasteiger partial charge on any atom is 0.240 e. The predicted octanol–water partition coefficient (Wildman–Crippen LogP) is -0.0293. The van der Waals surface area contributed by atoms with E-state index in [4.69, 9.17) is 0 Å². The Hall–Kier alpha value is -0.570. The van der Waals surface area contributed by atoms with Gasteiger partial charge in [0.1, 0.15) is 0 Å². The SMILES string of the molecule is C[C@]12CCCN1CCNC2=O. The fraction of sp³-hybridized carbons (Fsp3) is 0.875. The zero-order chi connectivity index (χ0) is 7.90. The molecular weight excluding hydrogens is 140 g/mol. The number of carbonyl (C=O) groups excluding carboxylic acids is 1. The van der Waals surface area contributed by atoms with Crippen molar-refractivity contribution >= 4 is 5.91 Å². The first-order valence-corrected chi connectivity index (χ1v) is 4.27. The standard InChI is InChI=1S/C8H14N2O/c1-8-3-2-5-10(8)6-4-9-7(8)11/h2-6H2,1H3,(H,9,11)/t8-/m1/s1. The third-order valence-corrected chi connectivity index (χ3v) is 2.95. The third kappa shape index (κ3) is 0.872. The van der Waals surface area contributed by atoms with Gasteiger partial charge in [-0.05, 0) is 26.3 Å². The molecule has 0 spiro atoms. The van der Waals surface area contributed by atoms with Gasteiger partial charge in [-0.15, -0.1) is 0 Å². The number of rotatable bonds is 0. The highest BCUT2D eigenvalue weighted by Crippen LogP contribution is 2.30. The lowest BCUT2D eigenvalue weighted by Crippen LogP contribution is -2.60. The van der Waals surface area contributed by atoms with E-state index in [9.17, 15) is 4.79 Å². The van der Waals surface area contributed by atoms with E-state index in [0.29, 0.717) is 0 Å². The average Bonchev–Trinajstić information content (AvgIpc) is 2.34. The quantitative estimate of drug-likeness (QED) is 0.531. The van der Waals surface area contributed by atoms with E-state index in [0.717, 1.165) is 26.1 Å². The first kappa shape index (κ1) is 7.10. The van der Waals surface area contributed by atoms with Crippen LogP contribution in [0.2, 0.25) is 0 Å². The van der Waals surface area contributed by atoms with Crippen molar-refractivity contribution in [1.82, 2.24) is 10.2 Å². The van der Waals surface area contributed by atoms with Crippen molar-refractivity contribution in [1.29, 1.82) is 0 Å². The van der Waals surface area contributed by atoms with Gasteiger partial charge in [0.2, 0.25) is 5.91 Å².